The van der Waals surface area contributed by atoms with Gasteiger partial charge in [0, 0.05) is 1.43 Å². The third-order valence-corrected chi connectivity index (χ3v) is 0.865. The van der Waals surface area contributed by atoms with Crippen molar-refractivity contribution < 1.29 is 6.53 Å². The molecule has 0 atom stereocenters. The van der Waals surface area contributed by atoms with Crippen molar-refractivity contribution in [3.05, 3.63) is 0 Å². The van der Waals surface area contributed by atoms with Gasteiger partial charge in [0.15, 0.2) is 0 Å². The predicted molar refractivity (Wildman–Crippen MR) is 43.5 cm³/mol. The molecular weight excluding hydrogens is 114 g/mol. The van der Waals surface area contributed by atoms with Crippen LogP contribution in [0.25, 0.3) is 0 Å². The third-order valence-electron chi connectivity index (χ3n) is 0.865. The zero-order valence-corrected chi connectivity index (χ0v) is 6.78. The molecule has 0 rings (SSSR count). The second kappa shape index (κ2) is 15.7. The lowest BCUT2D eigenvalue weighted by molar-refractivity contribution is 0.273. The van der Waals surface area contributed by atoms with Crippen molar-refractivity contribution >= 4 is 0 Å². The van der Waals surface area contributed by atoms with Crippen LogP contribution in [0.1, 0.15) is 34.5 Å². The monoisotopic (exact) mass is 135 g/mol. The van der Waals surface area contributed by atoms with E-state index < -0.39 is 0 Å². The van der Waals surface area contributed by atoms with Crippen molar-refractivity contribution in [2.45, 2.75) is 33.1 Å². The van der Waals surface area contributed by atoms with Crippen LogP contribution in [-0.2, 0) is 0 Å². The zero-order valence-electron chi connectivity index (χ0n) is 6.78. The number of hydrogen-bond donors (Lipinski definition) is 2. The van der Waals surface area contributed by atoms with Crippen molar-refractivity contribution in [1.82, 2.24) is 5.32 Å². The Morgan fingerprint density at radius 3 is 1.67 bits per heavy atom. The van der Waals surface area contributed by atoms with Crippen LogP contribution in [0.3, 0.4) is 0 Å². The van der Waals surface area contributed by atoms with Crippen LogP contribution in [0.4, 0.5) is 0 Å². The van der Waals surface area contributed by atoms with Gasteiger partial charge in [0.25, 0.3) is 0 Å². The van der Waals surface area contributed by atoms with Crippen LogP contribution in [0.2, 0.25) is 0 Å². The first-order valence-corrected chi connectivity index (χ1v) is 3.58. The highest BCUT2D eigenvalue weighted by Gasteiger charge is 1.68. The molecule has 0 spiro atoms. The molecule has 0 aromatic heterocycles. The van der Waals surface area contributed by atoms with Crippen LogP contribution >= 0.6 is 0 Å². The van der Waals surface area contributed by atoms with Gasteiger partial charge < -0.3 is 5.11 Å². The summed E-state index contributed by atoms with van der Waals surface area (Å²) in [6.07, 6.45) is 4.08. The van der Waals surface area contributed by atoms with E-state index in [0.717, 1.165) is 0 Å². The summed E-state index contributed by atoms with van der Waals surface area (Å²) in [5.41, 5.74) is 0. The molecule has 0 saturated carbocycles. The highest BCUT2D eigenvalue weighted by molar-refractivity contribution is 4.24. The fraction of sp³-hybridized carbons (Fsp3) is 1.00. The van der Waals surface area contributed by atoms with E-state index in [4.69, 9.17) is 5.11 Å². The molecule has 2 N–H and O–H groups in total. The Bertz CT molecular complexity index is 32.8. The lowest BCUT2D eigenvalue weighted by Gasteiger charge is -1.79. The van der Waals surface area contributed by atoms with E-state index in [0.29, 0.717) is 0 Å². The average Bonchev–Trinajstić information content (AvgIpc) is 1.91. The minimum atomic E-state index is 0. The molecular formula is C7H21NO. The molecule has 0 radical (unpaired) electrons. The average molecular weight is 135 g/mol. The highest BCUT2D eigenvalue weighted by atomic mass is 16.3. The van der Waals surface area contributed by atoms with E-state index in [2.05, 4.69) is 19.2 Å². The smallest absolute Gasteiger partial charge is 0.0929 e. The molecule has 0 unspecified atom stereocenters. The van der Waals surface area contributed by atoms with Gasteiger partial charge in [-0.25, -0.2) is 0 Å². The SMILES string of the molecule is CCCCC.CNCO.[HH]. The molecule has 0 fully saturated rings. The summed E-state index contributed by atoms with van der Waals surface area (Å²) in [5.74, 6) is 0. The lowest BCUT2D eigenvalue weighted by Crippen LogP contribution is -2.04. The summed E-state index contributed by atoms with van der Waals surface area (Å²) in [6, 6.07) is 0. The maximum Gasteiger partial charge on any atom is 0.0929 e. The standard InChI is InChI=1S/C5H12.C2H7NO.H2/c1-3-5-4-2;1-3-2-4;/h3-5H2,1-2H3;3-4H,2H2,1H3;1H. The van der Waals surface area contributed by atoms with E-state index >= 15 is 0 Å². The predicted octanol–water partition coefficient (Wildman–Crippen LogP) is 1.60. The molecule has 0 bridgehead atoms. The minimum Gasteiger partial charge on any atom is -0.381 e. The van der Waals surface area contributed by atoms with Crippen molar-refractivity contribution in [3.63, 3.8) is 0 Å². The van der Waals surface area contributed by atoms with Gasteiger partial charge in [-0.1, -0.05) is 33.1 Å². The molecule has 0 aliphatic carbocycles. The molecule has 0 aromatic carbocycles. The minimum absolute atomic E-state index is 0. The molecule has 60 valence electrons. The number of unbranched alkanes of at least 4 members (excludes halogenated alkanes) is 2. The van der Waals surface area contributed by atoms with Crippen molar-refractivity contribution in [3.8, 4) is 0 Å². The van der Waals surface area contributed by atoms with Gasteiger partial charge >= 0.3 is 0 Å². The van der Waals surface area contributed by atoms with Gasteiger partial charge in [-0.05, 0) is 7.05 Å². The van der Waals surface area contributed by atoms with Crippen LogP contribution in [0.15, 0.2) is 0 Å². The van der Waals surface area contributed by atoms with Gasteiger partial charge in [0.2, 0.25) is 0 Å². The summed E-state index contributed by atoms with van der Waals surface area (Å²) in [6.45, 7) is 4.49. The Labute approximate surface area is 59.8 Å². The first-order chi connectivity index (χ1) is 4.33. The molecule has 0 heterocycles. The zero-order chi connectivity index (χ0) is 7.54. The number of aliphatic hydroxyl groups is 1. The summed E-state index contributed by atoms with van der Waals surface area (Å²) < 4.78 is 0. The molecule has 0 aliphatic heterocycles. The number of nitrogens with one attached hydrogen (secondary N) is 1. The first kappa shape index (κ1) is 11.7. The second-order valence-electron chi connectivity index (χ2n) is 1.87. The Morgan fingerprint density at radius 2 is 1.67 bits per heavy atom. The van der Waals surface area contributed by atoms with Crippen LogP contribution in [0.5, 0.6) is 0 Å². The van der Waals surface area contributed by atoms with Gasteiger partial charge in [-0.3, -0.25) is 5.32 Å². The second-order valence-corrected chi connectivity index (χ2v) is 1.87. The molecule has 0 aromatic rings. The number of hydrogen-bond acceptors (Lipinski definition) is 2. The lowest BCUT2D eigenvalue weighted by atomic mass is 10.3. The summed E-state index contributed by atoms with van der Waals surface area (Å²) >= 11 is 0. The molecule has 9 heavy (non-hydrogen) atoms. The summed E-state index contributed by atoms with van der Waals surface area (Å²) in [5, 5.41) is 10.2. The van der Waals surface area contributed by atoms with E-state index in [1.807, 2.05) is 0 Å². The van der Waals surface area contributed by atoms with E-state index in [1.54, 1.807) is 7.05 Å². The quantitative estimate of drug-likeness (QED) is 0.576. The highest BCUT2D eigenvalue weighted by Crippen LogP contribution is 1.88. The van der Waals surface area contributed by atoms with E-state index in [9.17, 15) is 0 Å². The molecule has 0 saturated heterocycles. The third kappa shape index (κ3) is 32.6. The Morgan fingerprint density at radius 1 is 1.33 bits per heavy atom. The van der Waals surface area contributed by atoms with Gasteiger partial charge in [0.1, 0.15) is 0 Å². The maximum absolute atomic E-state index is 7.76. The van der Waals surface area contributed by atoms with Gasteiger partial charge in [-0.2, -0.15) is 0 Å². The molecule has 0 aliphatic rings. The van der Waals surface area contributed by atoms with Crippen LogP contribution in [0, 0.1) is 0 Å². The Kier molecular flexibility index (Phi) is 20.3. The fourth-order valence-electron chi connectivity index (χ4n) is 0.354. The first-order valence-electron chi connectivity index (χ1n) is 3.58. The number of aliphatic hydroxyl groups excluding tert-OH is 1. The van der Waals surface area contributed by atoms with Crippen molar-refractivity contribution in [2.24, 2.45) is 0 Å². The van der Waals surface area contributed by atoms with E-state index in [-0.39, 0.29) is 8.16 Å². The number of rotatable bonds is 3. The fourth-order valence-corrected chi connectivity index (χ4v) is 0.354. The van der Waals surface area contributed by atoms with Gasteiger partial charge in [-0.15, -0.1) is 0 Å². The van der Waals surface area contributed by atoms with Crippen LogP contribution in [-0.4, -0.2) is 18.9 Å². The largest absolute Gasteiger partial charge is 0.381 e. The van der Waals surface area contributed by atoms with Gasteiger partial charge in [0.05, 0.1) is 6.73 Å². The summed E-state index contributed by atoms with van der Waals surface area (Å²) in [4.78, 5) is 0. The van der Waals surface area contributed by atoms with Crippen LogP contribution < -0.4 is 5.32 Å². The Balaban J connectivity index is -0.0000000910. The normalized spacial score (nSPS) is 8.00. The van der Waals surface area contributed by atoms with E-state index in [1.165, 1.54) is 19.3 Å². The molecule has 2 nitrogen and oxygen atoms in total. The van der Waals surface area contributed by atoms with Crippen molar-refractivity contribution in [1.29, 1.82) is 0 Å². The summed E-state index contributed by atoms with van der Waals surface area (Å²) in [7, 11) is 1.68. The maximum atomic E-state index is 7.76. The molecule has 0 amide bonds. The Hall–Kier alpha value is -0.0800. The van der Waals surface area contributed by atoms with Crippen molar-refractivity contribution in [2.75, 3.05) is 13.8 Å². The molecule has 2 heteroatoms. The topological polar surface area (TPSA) is 32.3 Å².